The Morgan fingerprint density at radius 1 is 1.38 bits per heavy atom. The molecule has 0 radical (unpaired) electrons. The summed E-state index contributed by atoms with van der Waals surface area (Å²) < 4.78 is 5.59. The second-order valence-electron chi connectivity index (χ2n) is 4.23. The van der Waals surface area contributed by atoms with Crippen LogP contribution in [0.15, 0.2) is 4.99 Å². The number of likely N-dealkylation sites (tertiary alicyclic amines) is 1. The van der Waals surface area contributed by atoms with E-state index in [2.05, 4.69) is 23.7 Å². The predicted octanol–water partition coefficient (Wildman–Crippen LogP) is 1.49. The zero-order valence-corrected chi connectivity index (χ0v) is 8.49. The summed E-state index contributed by atoms with van der Waals surface area (Å²) in [5.41, 5.74) is 0. The minimum atomic E-state index is 0.385. The first-order valence-corrected chi connectivity index (χ1v) is 5.23. The van der Waals surface area contributed by atoms with Crippen LogP contribution in [0.1, 0.15) is 26.7 Å². The van der Waals surface area contributed by atoms with Crippen molar-refractivity contribution in [1.29, 1.82) is 0 Å². The molecule has 0 aromatic rings. The van der Waals surface area contributed by atoms with Gasteiger partial charge in [-0.05, 0) is 18.8 Å². The van der Waals surface area contributed by atoms with E-state index in [0.29, 0.717) is 12.0 Å². The standard InChI is InChI=1S/C10H18N2O/c1-8(2)9-7-13-10(11-9)12-5-3-4-6-12/h8-9H,3-7H2,1-2H3/t9-/m1/s1. The van der Waals surface area contributed by atoms with Crippen LogP contribution in [0.5, 0.6) is 0 Å². The van der Waals surface area contributed by atoms with Crippen molar-refractivity contribution >= 4 is 6.02 Å². The highest BCUT2D eigenvalue weighted by molar-refractivity contribution is 5.75. The third-order valence-corrected chi connectivity index (χ3v) is 2.81. The highest BCUT2D eigenvalue weighted by atomic mass is 16.5. The monoisotopic (exact) mass is 182 g/mol. The van der Waals surface area contributed by atoms with Crippen molar-refractivity contribution < 1.29 is 4.74 Å². The molecule has 0 spiro atoms. The summed E-state index contributed by atoms with van der Waals surface area (Å²) in [5.74, 6) is 0.597. The van der Waals surface area contributed by atoms with Gasteiger partial charge in [-0.25, -0.2) is 4.99 Å². The molecule has 3 nitrogen and oxygen atoms in total. The molecule has 74 valence electrons. The molecule has 2 rings (SSSR count). The second kappa shape index (κ2) is 3.56. The van der Waals surface area contributed by atoms with E-state index in [9.17, 15) is 0 Å². The lowest BCUT2D eigenvalue weighted by atomic mass is 10.1. The number of hydrogen-bond acceptors (Lipinski definition) is 3. The maximum absolute atomic E-state index is 5.59. The molecule has 0 N–H and O–H groups in total. The van der Waals surface area contributed by atoms with E-state index >= 15 is 0 Å². The van der Waals surface area contributed by atoms with E-state index in [1.165, 1.54) is 12.8 Å². The highest BCUT2D eigenvalue weighted by Gasteiger charge is 2.26. The Kier molecular flexibility index (Phi) is 2.42. The van der Waals surface area contributed by atoms with Crippen LogP contribution < -0.4 is 0 Å². The van der Waals surface area contributed by atoms with Crippen molar-refractivity contribution in [3.8, 4) is 0 Å². The van der Waals surface area contributed by atoms with Gasteiger partial charge >= 0.3 is 0 Å². The topological polar surface area (TPSA) is 24.8 Å². The molecule has 0 aromatic heterocycles. The van der Waals surface area contributed by atoms with Crippen LogP contribution in [-0.4, -0.2) is 36.7 Å². The molecule has 1 atom stereocenters. The number of ether oxygens (including phenoxy) is 1. The van der Waals surface area contributed by atoms with Gasteiger partial charge in [0, 0.05) is 13.1 Å². The second-order valence-corrected chi connectivity index (χ2v) is 4.23. The van der Waals surface area contributed by atoms with Crippen LogP contribution in [0.25, 0.3) is 0 Å². The van der Waals surface area contributed by atoms with Crippen LogP contribution >= 0.6 is 0 Å². The maximum Gasteiger partial charge on any atom is 0.287 e. The first kappa shape index (κ1) is 8.85. The molecule has 0 amide bonds. The van der Waals surface area contributed by atoms with Crippen molar-refractivity contribution in [1.82, 2.24) is 4.90 Å². The van der Waals surface area contributed by atoms with Gasteiger partial charge in [-0.2, -0.15) is 0 Å². The number of amidine groups is 1. The van der Waals surface area contributed by atoms with E-state index in [-0.39, 0.29) is 0 Å². The Balaban J connectivity index is 1.97. The van der Waals surface area contributed by atoms with Crippen LogP contribution in [-0.2, 0) is 4.74 Å². The summed E-state index contributed by atoms with van der Waals surface area (Å²) in [6.07, 6.45) is 2.57. The smallest absolute Gasteiger partial charge is 0.287 e. The molecule has 0 bridgehead atoms. The zero-order chi connectivity index (χ0) is 9.26. The van der Waals surface area contributed by atoms with Gasteiger partial charge in [0.2, 0.25) is 0 Å². The van der Waals surface area contributed by atoms with Crippen LogP contribution in [0.4, 0.5) is 0 Å². The van der Waals surface area contributed by atoms with Crippen molar-refractivity contribution in [2.24, 2.45) is 10.9 Å². The van der Waals surface area contributed by atoms with Crippen molar-refractivity contribution in [3.63, 3.8) is 0 Å². The average molecular weight is 182 g/mol. The van der Waals surface area contributed by atoms with Crippen LogP contribution in [0.3, 0.4) is 0 Å². The molecule has 1 fully saturated rings. The predicted molar refractivity (Wildman–Crippen MR) is 52.8 cm³/mol. The van der Waals surface area contributed by atoms with E-state index in [1.807, 2.05) is 0 Å². The van der Waals surface area contributed by atoms with Gasteiger partial charge in [0.15, 0.2) is 0 Å². The minimum absolute atomic E-state index is 0.385. The zero-order valence-electron chi connectivity index (χ0n) is 8.49. The van der Waals surface area contributed by atoms with E-state index in [0.717, 1.165) is 25.7 Å². The van der Waals surface area contributed by atoms with E-state index < -0.39 is 0 Å². The van der Waals surface area contributed by atoms with Crippen molar-refractivity contribution in [2.75, 3.05) is 19.7 Å². The fourth-order valence-electron chi connectivity index (χ4n) is 1.80. The van der Waals surface area contributed by atoms with Crippen LogP contribution in [0.2, 0.25) is 0 Å². The number of rotatable bonds is 1. The highest BCUT2D eigenvalue weighted by Crippen LogP contribution is 2.18. The van der Waals surface area contributed by atoms with Crippen molar-refractivity contribution in [3.05, 3.63) is 0 Å². The number of aliphatic imine (C=N–C) groups is 1. The molecule has 0 aliphatic carbocycles. The summed E-state index contributed by atoms with van der Waals surface area (Å²) in [5, 5.41) is 0. The summed E-state index contributed by atoms with van der Waals surface area (Å²) >= 11 is 0. The van der Waals surface area contributed by atoms with Crippen LogP contribution in [0, 0.1) is 5.92 Å². The molecule has 0 saturated carbocycles. The number of nitrogens with zero attached hydrogens (tertiary/aromatic N) is 2. The Morgan fingerprint density at radius 2 is 2.08 bits per heavy atom. The largest absolute Gasteiger partial charge is 0.463 e. The van der Waals surface area contributed by atoms with Gasteiger partial charge in [0.1, 0.15) is 6.61 Å². The quantitative estimate of drug-likeness (QED) is 0.614. The number of hydrogen-bond donors (Lipinski definition) is 0. The van der Waals surface area contributed by atoms with Gasteiger partial charge in [0.25, 0.3) is 6.02 Å². The summed E-state index contributed by atoms with van der Waals surface area (Å²) in [4.78, 5) is 6.86. The molecule has 2 heterocycles. The lowest BCUT2D eigenvalue weighted by Crippen LogP contribution is -2.27. The third kappa shape index (κ3) is 1.79. The third-order valence-electron chi connectivity index (χ3n) is 2.81. The van der Waals surface area contributed by atoms with E-state index in [1.54, 1.807) is 0 Å². The first-order valence-electron chi connectivity index (χ1n) is 5.23. The Hall–Kier alpha value is -0.730. The van der Waals surface area contributed by atoms with Gasteiger partial charge in [-0.15, -0.1) is 0 Å². The lowest BCUT2D eigenvalue weighted by Gasteiger charge is -2.14. The van der Waals surface area contributed by atoms with Gasteiger partial charge in [-0.1, -0.05) is 13.8 Å². The molecule has 2 aliphatic rings. The molecule has 1 saturated heterocycles. The molecular weight excluding hydrogens is 164 g/mol. The molecule has 0 aromatic carbocycles. The molecule has 0 unspecified atom stereocenters. The summed E-state index contributed by atoms with van der Waals surface area (Å²) in [7, 11) is 0. The molecule has 13 heavy (non-hydrogen) atoms. The SMILES string of the molecule is CC(C)[C@H]1COC(N2CCCC2)=N1. The lowest BCUT2D eigenvalue weighted by molar-refractivity contribution is 0.252. The normalized spacial score (nSPS) is 28.1. The Bertz CT molecular complexity index is 207. The molecular formula is C10H18N2O. The van der Waals surface area contributed by atoms with E-state index in [4.69, 9.17) is 4.74 Å². The van der Waals surface area contributed by atoms with Gasteiger partial charge in [-0.3, -0.25) is 0 Å². The minimum Gasteiger partial charge on any atom is -0.463 e. The fraction of sp³-hybridized carbons (Fsp3) is 0.900. The van der Waals surface area contributed by atoms with Gasteiger partial charge < -0.3 is 9.64 Å². The Morgan fingerprint density at radius 3 is 2.62 bits per heavy atom. The molecule has 3 heteroatoms. The summed E-state index contributed by atoms with van der Waals surface area (Å²) in [6, 6.07) is 1.28. The van der Waals surface area contributed by atoms with Crippen molar-refractivity contribution in [2.45, 2.75) is 32.7 Å². The average Bonchev–Trinajstić information content (AvgIpc) is 2.75. The van der Waals surface area contributed by atoms with Gasteiger partial charge in [0.05, 0.1) is 6.04 Å². The molecule has 2 aliphatic heterocycles. The fourth-order valence-corrected chi connectivity index (χ4v) is 1.80. The summed E-state index contributed by atoms with van der Waals surface area (Å²) in [6.45, 7) is 7.44. The maximum atomic E-state index is 5.59. The first-order chi connectivity index (χ1) is 6.27. The Labute approximate surface area is 79.8 Å².